The molecule has 2 aromatic heterocycles. The zero-order chi connectivity index (χ0) is 26.7. The first kappa shape index (κ1) is 24.6. The molecule has 2 aliphatic rings. The maximum atomic E-state index is 13.8. The minimum atomic E-state index is -3.90. The van der Waals surface area contributed by atoms with Crippen LogP contribution < -0.4 is 4.90 Å². The van der Waals surface area contributed by atoms with Crippen molar-refractivity contribution >= 4 is 32.8 Å². The molecule has 8 nitrogen and oxygen atoms in total. The van der Waals surface area contributed by atoms with Gasteiger partial charge in [0.05, 0.1) is 10.3 Å². The number of piperazine rings is 1. The minimum absolute atomic E-state index is 0.00818. The molecular formula is C29H31N5O3S. The largest absolute Gasteiger partial charge is 0.350 e. The van der Waals surface area contributed by atoms with Crippen LogP contribution in [-0.4, -0.2) is 58.8 Å². The van der Waals surface area contributed by atoms with Crippen LogP contribution >= 0.6 is 0 Å². The molecule has 1 amide bonds. The van der Waals surface area contributed by atoms with Gasteiger partial charge in [-0.15, -0.1) is 0 Å². The Bertz CT molecular complexity index is 1630. The second-order valence-electron chi connectivity index (χ2n) is 10.8. The summed E-state index contributed by atoms with van der Waals surface area (Å²) in [7, 11) is -3.90. The molecule has 0 N–H and O–H groups in total. The molecule has 3 heterocycles. The third-order valence-corrected chi connectivity index (χ3v) is 9.56. The predicted molar refractivity (Wildman–Crippen MR) is 147 cm³/mol. The minimum Gasteiger partial charge on any atom is -0.350 e. The number of aryl methyl sites for hydroxylation is 1. The van der Waals surface area contributed by atoms with Crippen molar-refractivity contribution in [3.63, 3.8) is 0 Å². The number of aromatic nitrogens is 3. The summed E-state index contributed by atoms with van der Waals surface area (Å²) in [5.41, 5.74) is 2.76. The number of amides is 1. The summed E-state index contributed by atoms with van der Waals surface area (Å²) in [6, 6.07) is 16.6. The topological polar surface area (TPSA) is 88.4 Å². The van der Waals surface area contributed by atoms with Crippen LogP contribution in [0.25, 0.3) is 22.2 Å². The normalized spacial score (nSPS) is 19.1. The van der Waals surface area contributed by atoms with Crippen LogP contribution in [0.4, 0.5) is 5.82 Å². The van der Waals surface area contributed by atoms with E-state index in [4.69, 9.17) is 0 Å². The molecular weight excluding hydrogens is 498 g/mol. The van der Waals surface area contributed by atoms with E-state index >= 15 is 0 Å². The molecule has 0 bridgehead atoms. The number of carbonyl (C=O) groups excluding carboxylic acids is 1. The molecule has 1 atom stereocenters. The highest BCUT2D eigenvalue weighted by atomic mass is 32.2. The predicted octanol–water partition coefficient (Wildman–Crippen LogP) is 4.48. The van der Waals surface area contributed by atoms with Crippen molar-refractivity contribution in [2.24, 2.45) is 5.41 Å². The molecule has 1 aliphatic heterocycles. The Hall–Kier alpha value is -3.72. The molecule has 196 valence electrons. The van der Waals surface area contributed by atoms with Crippen molar-refractivity contribution in [1.82, 2.24) is 18.8 Å². The van der Waals surface area contributed by atoms with Crippen LogP contribution in [-0.2, 0) is 14.8 Å². The number of hydrogen-bond acceptors (Lipinski definition) is 6. The van der Waals surface area contributed by atoms with Crippen LogP contribution in [0, 0.1) is 12.3 Å². The van der Waals surface area contributed by atoms with Crippen molar-refractivity contribution in [3.05, 3.63) is 72.7 Å². The van der Waals surface area contributed by atoms with E-state index in [1.54, 1.807) is 30.5 Å². The number of nitrogens with zero attached hydrogens (tertiary/aromatic N) is 5. The monoisotopic (exact) mass is 529 g/mol. The van der Waals surface area contributed by atoms with Crippen LogP contribution in [0.15, 0.2) is 72.0 Å². The van der Waals surface area contributed by atoms with Gasteiger partial charge in [-0.1, -0.05) is 55.0 Å². The van der Waals surface area contributed by atoms with E-state index in [1.165, 1.54) is 10.3 Å². The third-order valence-electron chi connectivity index (χ3n) is 7.90. The summed E-state index contributed by atoms with van der Waals surface area (Å²) in [5, 5.41) is 0.690. The number of hydrogen-bond donors (Lipinski definition) is 0. The van der Waals surface area contributed by atoms with Gasteiger partial charge >= 0.3 is 0 Å². The number of anilines is 1. The van der Waals surface area contributed by atoms with Gasteiger partial charge in [0.1, 0.15) is 12.1 Å². The Morgan fingerprint density at radius 3 is 2.37 bits per heavy atom. The van der Waals surface area contributed by atoms with Crippen molar-refractivity contribution < 1.29 is 13.2 Å². The highest BCUT2D eigenvalue weighted by molar-refractivity contribution is 7.90. The van der Waals surface area contributed by atoms with E-state index in [-0.39, 0.29) is 22.3 Å². The van der Waals surface area contributed by atoms with Crippen molar-refractivity contribution in [1.29, 1.82) is 0 Å². The van der Waals surface area contributed by atoms with Crippen molar-refractivity contribution in [2.75, 3.05) is 24.5 Å². The molecule has 0 unspecified atom stereocenters. The van der Waals surface area contributed by atoms with Crippen LogP contribution in [0.1, 0.15) is 32.3 Å². The zero-order valence-electron chi connectivity index (χ0n) is 21.8. The Balaban J connectivity index is 1.47. The molecule has 1 saturated carbocycles. The number of benzene rings is 2. The van der Waals surface area contributed by atoms with Gasteiger partial charge in [-0.2, -0.15) is 0 Å². The Kier molecular flexibility index (Phi) is 5.79. The fraction of sp³-hybridized carbons (Fsp3) is 0.345. The molecule has 4 aromatic rings. The lowest BCUT2D eigenvalue weighted by atomic mass is 10.0. The molecule has 9 heteroatoms. The van der Waals surface area contributed by atoms with Crippen LogP contribution in [0.3, 0.4) is 0 Å². The first-order valence-electron chi connectivity index (χ1n) is 13.0. The summed E-state index contributed by atoms with van der Waals surface area (Å²) in [6.07, 6.45) is 5.00. The number of carbonyl (C=O) groups is 1. The lowest BCUT2D eigenvalue weighted by Crippen LogP contribution is -2.55. The molecule has 1 saturated heterocycles. The summed E-state index contributed by atoms with van der Waals surface area (Å²) in [6.45, 7) is 7.87. The highest BCUT2D eigenvalue weighted by Crippen LogP contribution is 2.47. The Morgan fingerprint density at radius 1 is 1.00 bits per heavy atom. The van der Waals surface area contributed by atoms with Gasteiger partial charge < -0.3 is 9.80 Å². The molecule has 1 aliphatic carbocycles. The first-order chi connectivity index (χ1) is 18.2. The van der Waals surface area contributed by atoms with Gasteiger partial charge in [-0.05, 0) is 44.4 Å². The number of fused-ring (bicyclic) bond motifs is 1. The van der Waals surface area contributed by atoms with E-state index in [1.807, 2.05) is 49.1 Å². The van der Waals surface area contributed by atoms with Gasteiger partial charge in [-0.3, -0.25) is 4.79 Å². The lowest BCUT2D eigenvalue weighted by molar-refractivity contribution is -0.137. The zero-order valence-corrected chi connectivity index (χ0v) is 22.6. The molecule has 0 radical (unpaired) electrons. The SMILES string of the molecule is Cc1ccc(S(=O)(=O)n2cc(-c3ccccc3)c3c(N4CCN(C(=O)C5(C)CC5)C[C@@H]4C)ncnc32)cc1. The van der Waals surface area contributed by atoms with Crippen LogP contribution in [0.5, 0.6) is 0 Å². The second kappa shape index (κ2) is 8.94. The summed E-state index contributed by atoms with van der Waals surface area (Å²) in [5.74, 6) is 0.918. The molecule has 38 heavy (non-hydrogen) atoms. The smallest absolute Gasteiger partial charge is 0.269 e. The van der Waals surface area contributed by atoms with Gasteiger partial charge in [0.2, 0.25) is 5.91 Å². The molecule has 6 rings (SSSR count). The quantitative estimate of drug-likeness (QED) is 0.379. The average molecular weight is 530 g/mol. The fourth-order valence-electron chi connectivity index (χ4n) is 5.32. The number of rotatable bonds is 5. The van der Waals surface area contributed by atoms with E-state index in [0.717, 1.165) is 29.5 Å². The molecule has 2 fully saturated rings. The van der Waals surface area contributed by atoms with Crippen molar-refractivity contribution in [2.45, 2.75) is 44.6 Å². The molecule has 0 spiro atoms. The summed E-state index contributed by atoms with van der Waals surface area (Å²) in [4.78, 5) is 26.5. The molecule has 2 aromatic carbocycles. The van der Waals surface area contributed by atoms with Gasteiger partial charge in [0.15, 0.2) is 5.65 Å². The van der Waals surface area contributed by atoms with E-state index in [2.05, 4.69) is 21.8 Å². The second-order valence-corrected chi connectivity index (χ2v) is 12.6. The third kappa shape index (κ3) is 4.05. The average Bonchev–Trinajstić information content (AvgIpc) is 3.54. The van der Waals surface area contributed by atoms with Gasteiger partial charge in [0.25, 0.3) is 10.0 Å². The fourth-order valence-corrected chi connectivity index (χ4v) is 6.64. The first-order valence-corrected chi connectivity index (χ1v) is 14.4. The van der Waals surface area contributed by atoms with Crippen molar-refractivity contribution in [3.8, 4) is 11.1 Å². The van der Waals surface area contributed by atoms with E-state index < -0.39 is 10.0 Å². The standard InChI is InChI=1S/C29H31N5O3S/c1-20-9-11-23(12-10-20)38(36,37)34-18-24(22-7-5-4-6-8-22)25-26(30-19-31-27(25)34)33-16-15-32(17-21(33)2)28(35)29(3)13-14-29/h4-12,18-19,21H,13-17H2,1-3H3/t21-/m0/s1. The van der Waals surface area contributed by atoms with Gasteiger partial charge in [0, 0.05) is 42.9 Å². The maximum absolute atomic E-state index is 13.8. The van der Waals surface area contributed by atoms with Gasteiger partial charge in [-0.25, -0.2) is 22.4 Å². The Labute approximate surface area is 223 Å². The summed E-state index contributed by atoms with van der Waals surface area (Å²) < 4.78 is 28.9. The maximum Gasteiger partial charge on any atom is 0.269 e. The van der Waals surface area contributed by atoms with Crippen LogP contribution in [0.2, 0.25) is 0 Å². The lowest BCUT2D eigenvalue weighted by Gasteiger charge is -2.41. The Morgan fingerprint density at radius 2 is 1.71 bits per heavy atom. The van der Waals surface area contributed by atoms with E-state index in [0.29, 0.717) is 36.5 Å². The summed E-state index contributed by atoms with van der Waals surface area (Å²) >= 11 is 0. The van der Waals surface area contributed by atoms with E-state index in [9.17, 15) is 13.2 Å². The highest BCUT2D eigenvalue weighted by Gasteiger charge is 2.48.